The van der Waals surface area contributed by atoms with Gasteiger partial charge in [0.05, 0.1) is 12.7 Å². The van der Waals surface area contributed by atoms with E-state index in [0.29, 0.717) is 26.1 Å². The van der Waals surface area contributed by atoms with Crippen molar-refractivity contribution in [2.75, 3.05) is 26.8 Å². The van der Waals surface area contributed by atoms with Gasteiger partial charge in [-0.3, -0.25) is 4.90 Å². The van der Waals surface area contributed by atoms with E-state index in [1.54, 1.807) is 19.2 Å². The molecule has 0 aromatic heterocycles. The summed E-state index contributed by atoms with van der Waals surface area (Å²) in [5.74, 6) is -0.235. The average molecular weight is 317 g/mol. The quantitative estimate of drug-likeness (QED) is 0.772. The molecule has 0 saturated heterocycles. The molecule has 0 amide bonds. The van der Waals surface area contributed by atoms with Gasteiger partial charge >= 0.3 is 0 Å². The third-order valence-corrected chi connectivity index (χ3v) is 3.71. The SMILES string of the molecule is COCCN(Cc1ccc(F)cc1)CC(O)Cc1ccccc1. The zero-order valence-electron chi connectivity index (χ0n) is 13.5. The molecule has 2 aromatic carbocycles. The molecule has 2 rings (SSSR count). The van der Waals surface area contributed by atoms with Crippen LogP contribution in [0.2, 0.25) is 0 Å². The number of ether oxygens (including phenoxy) is 1. The summed E-state index contributed by atoms with van der Waals surface area (Å²) in [4.78, 5) is 2.13. The second kappa shape index (κ2) is 9.40. The Bertz CT molecular complexity index is 559. The molecule has 1 unspecified atom stereocenters. The maximum absolute atomic E-state index is 13.0. The summed E-state index contributed by atoms with van der Waals surface area (Å²) >= 11 is 0. The van der Waals surface area contributed by atoms with Gasteiger partial charge < -0.3 is 9.84 Å². The van der Waals surface area contributed by atoms with Crippen LogP contribution in [0.15, 0.2) is 54.6 Å². The fraction of sp³-hybridized carbons (Fsp3) is 0.368. The standard InChI is InChI=1S/C19H24FNO2/c1-23-12-11-21(14-17-7-9-18(20)10-8-17)15-19(22)13-16-5-3-2-4-6-16/h2-10,19,22H,11-15H2,1H3. The predicted octanol–water partition coefficient (Wildman–Crippen LogP) is 2.88. The van der Waals surface area contributed by atoms with Crippen LogP contribution in [-0.2, 0) is 17.7 Å². The van der Waals surface area contributed by atoms with E-state index in [1.165, 1.54) is 12.1 Å². The van der Waals surface area contributed by atoms with E-state index < -0.39 is 6.10 Å². The number of aliphatic hydroxyl groups excluding tert-OH is 1. The first-order valence-corrected chi connectivity index (χ1v) is 7.85. The molecule has 3 nitrogen and oxygen atoms in total. The van der Waals surface area contributed by atoms with Gasteiger partial charge in [-0.1, -0.05) is 42.5 Å². The second-order valence-electron chi connectivity index (χ2n) is 5.70. The summed E-state index contributed by atoms with van der Waals surface area (Å²) in [5.41, 5.74) is 2.14. The highest BCUT2D eigenvalue weighted by Gasteiger charge is 2.13. The lowest BCUT2D eigenvalue weighted by molar-refractivity contribution is 0.0851. The van der Waals surface area contributed by atoms with Crippen LogP contribution in [0.3, 0.4) is 0 Å². The maximum atomic E-state index is 13.0. The molecular weight excluding hydrogens is 293 g/mol. The van der Waals surface area contributed by atoms with Gasteiger partial charge in [0.25, 0.3) is 0 Å². The van der Waals surface area contributed by atoms with Gasteiger partial charge in [0, 0.05) is 26.7 Å². The van der Waals surface area contributed by atoms with Crippen LogP contribution < -0.4 is 0 Å². The summed E-state index contributed by atoms with van der Waals surface area (Å²) in [7, 11) is 1.66. The maximum Gasteiger partial charge on any atom is 0.123 e. The van der Waals surface area contributed by atoms with Crippen molar-refractivity contribution in [3.63, 3.8) is 0 Å². The van der Waals surface area contributed by atoms with Crippen molar-refractivity contribution in [2.24, 2.45) is 0 Å². The third-order valence-electron chi connectivity index (χ3n) is 3.71. The predicted molar refractivity (Wildman–Crippen MR) is 89.7 cm³/mol. The summed E-state index contributed by atoms with van der Waals surface area (Å²) < 4.78 is 18.2. The van der Waals surface area contributed by atoms with E-state index in [-0.39, 0.29) is 5.82 Å². The number of methoxy groups -OCH3 is 1. The zero-order chi connectivity index (χ0) is 16.5. The molecule has 0 spiro atoms. The van der Waals surface area contributed by atoms with E-state index >= 15 is 0 Å². The van der Waals surface area contributed by atoms with Crippen LogP contribution in [0.5, 0.6) is 0 Å². The van der Waals surface area contributed by atoms with Gasteiger partial charge in [-0.25, -0.2) is 4.39 Å². The molecular formula is C19H24FNO2. The summed E-state index contributed by atoms with van der Waals surface area (Å²) in [6.45, 7) is 2.53. The fourth-order valence-corrected chi connectivity index (χ4v) is 2.55. The topological polar surface area (TPSA) is 32.7 Å². The lowest BCUT2D eigenvalue weighted by atomic mass is 10.1. The second-order valence-corrected chi connectivity index (χ2v) is 5.70. The number of rotatable bonds is 9. The lowest BCUT2D eigenvalue weighted by Crippen LogP contribution is -2.35. The number of hydrogen-bond donors (Lipinski definition) is 1. The first-order valence-electron chi connectivity index (χ1n) is 7.85. The first-order chi connectivity index (χ1) is 11.2. The van der Waals surface area contributed by atoms with Crippen LogP contribution >= 0.6 is 0 Å². The van der Waals surface area contributed by atoms with Gasteiger partial charge in [-0.05, 0) is 29.7 Å². The van der Waals surface area contributed by atoms with E-state index in [2.05, 4.69) is 4.90 Å². The van der Waals surface area contributed by atoms with Gasteiger partial charge in [0.1, 0.15) is 5.82 Å². The number of aliphatic hydroxyl groups is 1. The van der Waals surface area contributed by atoms with Crippen molar-refractivity contribution in [3.8, 4) is 0 Å². The smallest absolute Gasteiger partial charge is 0.123 e. The highest BCUT2D eigenvalue weighted by molar-refractivity contribution is 5.17. The molecule has 0 bridgehead atoms. The molecule has 124 valence electrons. The lowest BCUT2D eigenvalue weighted by Gasteiger charge is -2.25. The molecule has 0 aliphatic heterocycles. The van der Waals surface area contributed by atoms with E-state index in [9.17, 15) is 9.50 Å². The molecule has 0 radical (unpaired) electrons. The minimum Gasteiger partial charge on any atom is -0.391 e. The first kappa shape index (κ1) is 17.6. The molecule has 2 aromatic rings. The van der Waals surface area contributed by atoms with Crippen molar-refractivity contribution in [1.82, 2.24) is 4.90 Å². The Morgan fingerprint density at radius 2 is 1.74 bits per heavy atom. The molecule has 0 saturated carbocycles. The molecule has 0 fully saturated rings. The van der Waals surface area contributed by atoms with Gasteiger partial charge in [0.15, 0.2) is 0 Å². The molecule has 0 heterocycles. The normalized spacial score (nSPS) is 12.5. The highest BCUT2D eigenvalue weighted by atomic mass is 19.1. The van der Waals surface area contributed by atoms with Gasteiger partial charge in [0.2, 0.25) is 0 Å². The molecule has 0 aliphatic rings. The van der Waals surface area contributed by atoms with Crippen molar-refractivity contribution >= 4 is 0 Å². The van der Waals surface area contributed by atoms with Crippen molar-refractivity contribution < 1.29 is 14.2 Å². The van der Waals surface area contributed by atoms with Crippen LogP contribution in [0.1, 0.15) is 11.1 Å². The van der Waals surface area contributed by atoms with Gasteiger partial charge in [-0.2, -0.15) is 0 Å². The van der Waals surface area contributed by atoms with E-state index in [1.807, 2.05) is 30.3 Å². The van der Waals surface area contributed by atoms with Crippen molar-refractivity contribution in [3.05, 3.63) is 71.5 Å². The third kappa shape index (κ3) is 6.48. The number of nitrogens with zero attached hydrogens (tertiary/aromatic N) is 1. The largest absolute Gasteiger partial charge is 0.391 e. The van der Waals surface area contributed by atoms with E-state index in [4.69, 9.17) is 4.74 Å². The number of hydrogen-bond acceptors (Lipinski definition) is 3. The minimum absolute atomic E-state index is 0.235. The summed E-state index contributed by atoms with van der Waals surface area (Å²) in [5, 5.41) is 10.4. The van der Waals surface area contributed by atoms with Crippen LogP contribution in [0.4, 0.5) is 4.39 Å². The summed E-state index contributed by atoms with van der Waals surface area (Å²) in [6.07, 6.45) is 0.169. The highest BCUT2D eigenvalue weighted by Crippen LogP contribution is 2.09. The molecule has 0 aliphatic carbocycles. The molecule has 1 atom stereocenters. The number of benzene rings is 2. The minimum atomic E-state index is -0.449. The fourth-order valence-electron chi connectivity index (χ4n) is 2.55. The Labute approximate surface area is 137 Å². The summed E-state index contributed by atoms with van der Waals surface area (Å²) in [6, 6.07) is 16.4. The monoisotopic (exact) mass is 317 g/mol. The van der Waals surface area contributed by atoms with Crippen LogP contribution in [0.25, 0.3) is 0 Å². The van der Waals surface area contributed by atoms with Gasteiger partial charge in [-0.15, -0.1) is 0 Å². The molecule has 23 heavy (non-hydrogen) atoms. The molecule has 4 heteroatoms. The zero-order valence-corrected chi connectivity index (χ0v) is 13.5. The number of halogens is 1. The Balaban J connectivity index is 1.92. The Kier molecular flexibility index (Phi) is 7.20. The van der Waals surface area contributed by atoms with Crippen molar-refractivity contribution in [1.29, 1.82) is 0 Å². The Morgan fingerprint density at radius 3 is 2.39 bits per heavy atom. The Hall–Kier alpha value is -1.75. The Morgan fingerprint density at radius 1 is 1.04 bits per heavy atom. The van der Waals surface area contributed by atoms with Crippen molar-refractivity contribution in [2.45, 2.75) is 19.1 Å². The molecule has 1 N–H and O–H groups in total. The average Bonchev–Trinajstić information content (AvgIpc) is 2.55. The van der Waals surface area contributed by atoms with E-state index in [0.717, 1.165) is 17.7 Å². The van der Waals surface area contributed by atoms with Crippen LogP contribution in [-0.4, -0.2) is 42.9 Å². The van der Waals surface area contributed by atoms with Crippen LogP contribution in [0, 0.1) is 5.82 Å².